The van der Waals surface area contributed by atoms with Crippen molar-refractivity contribution in [1.29, 1.82) is 0 Å². The maximum Gasteiger partial charge on any atom is 0.0663 e. The van der Waals surface area contributed by atoms with Crippen LogP contribution in [-0.4, -0.2) is 12.7 Å². The summed E-state index contributed by atoms with van der Waals surface area (Å²) < 4.78 is 5.77. The van der Waals surface area contributed by atoms with E-state index in [2.05, 4.69) is 52.0 Å². The Hall–Kier alpha value is -0.860. The molecule has 0 bridgehead atoms. The third kappa shape index (κ3) is 4.79. The van der Waals surface area contributed by atoms with Gasteiger partial charge in [-0.25, -0.2) is 0 Å². The lowest BCUT2D eigenvalue weighted by molar-refractivity contribution is 0.0272. The Morgan fingerprint density at radius 3 is 2.22 bits per heavy atom. The van der Waals surface area contributed by atoms with Crippen molar-refractivity contribution >= 4 is 0 Å². The molecule has 2 N–H and O–H groups in total. The Morgan fingerprint density at radius 2 is 1.72 bits per heavy atom. The third-order valence-electron chi connectivity index (χ3n) is 3.42. The number of hydrogen-bond acceptors (Lipinski definition) is 2. The zero-order chi connectivity index (χ0) is 13.5. The van der Waals surface area contributed by atoms with Crippen molar-refractivity contribution < 1.29 is 4.74 Å². The number of aryl methyl sites for hydroxylation is 1. The molecule has 0 heterocycles. The highest BCUT2D eigenvalue weighted by Gasteiger charge is 2.11. The Morgan fingerprint density at radius 1 is 1.11 bits per heavy atom. The number of hydrogen-bond donors (Lipinski definition) is 1. The molecule has 102 valence electrons. The second kappa shape index (κ2) is 7.55. The highest BCUT2D eigenvalue weighted by Crippen LogP contribution is 2.15. The smallest absolute Gasteiger partial charge is 0.0663 e. The van der Waals surface area contributed by atoms with Crippen LogP contribution in [0.2, 0.25) is 0 Å². The van der Waals surface area contributed by atoms with E-state index < -0.39 is 0 Å². The van der Waals surface area contributed by atoms with Crippen molar-refractivity contribution in [3.8, 4) is 0 Å². The van der Waals surface area contributed by atoms with Crippen LogP contribution >= 0.6 is 0 Å². The molecule has 0 spiro atoms. The second-order valence-electron chi connectivity index (χ2n) is 5.38. The first-order chi connectivity index (χ1) is 8.54. The first-order valence-corrected chi connectivity index (χ1v) is 7.00. The summed E-state index contributed by atoms with van der Waals surface area (Å²) in [5, 5.41) is 0. The van der Waals surface area contributed by atoms with Crippen LogP contribution in [0.3, 0.4) is 0 Å². The summed E-state index contributed by atoms with van der Waals surface area (Å²) in [4.78, 5) is 0. The zero-order valence-corrected chi connectivity index (χ0v) is 12.1. The SMILES string of the molecule is CCCc1ccc(C(N)COC(C)C(C)C)cc1. The molecule has 0 aromatic heterocycles. The number of nitrogens with two attached hydrogens (primary N) is 1. The van der Waals surface area contributed by atoms with Crippen LogP contribution in [0, 0.1) is 5.92 Å². The molecule has 1 aromatic carbocycles. The first kappa shape index (κ1) is 15.2. The molecule has 0 fully saturated rings. The summed E-state index contributed by atoms with van der Waals surface area (Å²) in [5.41, 5.74) is 8.68. The van der Waals surface area contributed by atoms with Gasteiger partial charge in [0, 0.05) is 0 Å². The molecule has 1 rings (SSSR count). The van der Waals surface area contributed by atoms with Gasteiger partial charge in [-0.05, 0) is 30.4 Å². The highest BCUT2D eigenvalue weighted by molar-refractivity contribution is 5.25. The molecule has 0 saturated heterocycles. The molecule has 2 heteroatoms. The van der Waals surface area contributed by atoms with Crippen LogP contribution in [0.1, 0.15) is 51.3 Å². The van der Waals surface area contributed by atoms with E-state index in [4.69, 9.17) is 10.5 Å². The van der Waals surface area contributed by atoms with Crippen molar-refractivity contribution in [1.82, 2.24) is 0 Å². The summed E-state index contributed by atoms with van der Waals surface area (Å²) in [6.45, 7) is 9.21. The van der Waals surface area contributed by atoms with E-state index in [1.165, 1.54) is 12.0 Å². The van der Waals surface area contributed by atoms with Crippen molar-refractivity contribution in [3.63, 3.8) is 0 Å². The Bertz CT molecular complexity index is 331. The van der Waals surface area contributed by atoms with Crippen molar-refractivity contribution in [2.24, 2.45) is 11.7 Å². The van der Waals surface area contributed by atoms with Gasteiger partial charge in [0.25, 0.3) is 0 Å². The third-order valence-corrected chi connectivity index (χ3v) is 3.42. The summed E-state index contributed by atoms with van der Waals surface area (Å²) >= 11 is 0. The molecule has 0 radical (unpaired) electrons. The van der Waals surface area contributed by atoms with Gasteiger partial charge in [0.05, 0.1) is 18.8 Å². The molecule has 0 aliphatic rings. The van der Waals surface area contributed by atoms with E-state index >= 15 is 0 Å². The lowest BCUT2D eigenvalue weighted by Crippen LogP contribution is -2.23. The van der Waals surface area contributed by atoms with Crippen LogP contribution in [0.25, 0.3) is 0 Å². The maximum absolute atomic E-state index is 6.14. The number of benzene rings is 1. The fraction of sp³-hybridized carbons (Fsp3) is 0.625. The van der Waals surface area contributed by atoms with E-state index in [0.29, 0.717) is 12.5 Å². The van der Waals surface area contributed by atoms with E-state index in [1.807, 2.05) is 0 Å². The topological polar surface area (TPSA) is 35.2 Å². The van der Waals surface area contributed by atoms with Gasteiger partial charge in [-0.15, -0.1) is 0 Å². The van der Waals surface area contributed by atoms with Gasteiger partial charge in [-0.2, -0.15) is 0 Å². The molecule has 2 atom stereocenters. The molecule has 0 aliphatic carbocycles. The normalized spacial score (nSPS) is 14.8. The summed E-state index contributed by atoms with van der Waals surface area (Å²) in [7, 11) is 0. The molecule has 0 saturated carbocycles. The monoisotopic (exact) mass is 249 g/mol. The summed E-state index contributed by atoms with van der Waals surface area (Å²) in [5.74, 6) is 0.532. The predicted molar refractivity (Wildman–Crippen MR) is 77.6 cm³/mol. The molecule has 18 heavy (non-hydrogen) atoms. The molecule has 0 aliphatic heterocycles. The quantitative estimate of drug-likeness (QED) is 0.799. The number of ether oxygens (including phenoxy) is 1. The van der Waals surface area contributed by atoms with E-state index in [-0.39, 0.29) is 12.1 Å². The van der Waals surface area contributed by atoms with Gasteiger partial charge in [0.15, 0.2) is 0 Å². The summed E-state index contributed by atoms with van der Waals surface area (Å²) in [6, 6.07) is 8.56. The van der Waals surface area contributed by atoms with Crippen molar-refractivity contribution in [2.75, 3.05) is 6.61 Å². The maximum atomic E-state index is 6.14. The zero-order valence-electron chi connectivity index (χ0n) is 12.1. The largest absolute Gasteiger partial charge is 0.376 e. The Balaban J connectivity index is 2.48. The van der Waals surface area contributed by atoms with Crippen LogP contribution in [0.4, 0.5) is 0 Å². The molecule has 2 unspecified atom stereocenters. The van der Waals surface area contributed by atoms with Gasteiger partial charge in [-0.1, -0.05) is 51.5 Å². The molecule has 1 aromatic rings. The van der Waals surface area contributed by atoms with Crippen LogP contribution in [0.5, 0.6) is 0 Å². The highest BCUT2D eigenvalue weighted by atomic mass is 16.5. The minimum Gasteiger partial charge on any atom is -0.376 e. The fourth-order valence-corrected chi connectivity index (χ4v) is 1.76. The van der Waals surface area contributed by atoms with Crippen LogP contribution in [-0.2, 0) is 11.2 Å². The van der Waals surface area contributed by atoms with E-state index in [0.717, 1.165) is 12.0 Å². The molecule has 0 amide bonds. The average molecular weight is 249 g/mol. The van der Waals surface area contributed by atoms with Gasteiger partial charge in [-0.3, -0.25) is 0 Å². The standard InChI is InChI=1S/C16H27NO/c1-5-6-14-7-9-15(10-8-14)16(17)11-18-13(4)12(2)3/h7-10,12-13,16H,5-6,11,17H2,1-4H3. The van der Waals surface area contributed by atoms with Gasteiger partial charge in [0.1, 0.15) is 0 Å². The van der Waals surface area contributed by atoms with Gasteiger partial charge >= 0.3 is 0 Å². The average Bonchev–Trinajstić information content (AvgIpc) is 2.36. The van der Waals surface area contributed by atoms with Gasteiger partial charge in [0.2, 0.25) is 0 Å². The summed E-state index contributed by atoms with van der Waals surface area (Å²) in [6.07, 6.45) is 2.58. The van der Waals surface area contributed by atoms with Crippen molar-refractivity contribution in [3.05, 3.63) is 35.4 Å². The van der Waals surface area contributed by atoms with Crippen LogP contribution < -0.4 is 5.73 Å². The lowest BCUT2D eigenvalue weighted by Gasteiger charge is -2.20. The van der Waals surface area contributed by atoms with E-state index in [1.54, 1.807) is 0 Å². The van der Waals surface area contributed by atoms with E-state index in [9.17, 15) is 0 Å². The lowest BCUT2D eigenvalue weighted by atomic mass is 10.0. The first-order valence-electron chi connectivity index (χ1n) is 7.00. The van der Waals surface area contributed by atoms with Crippen LogP contribution in [0.15, 0.2) is 24.3 Å². The molecule has 2 nitrogen and oxygen atoms in total. The Labute approximate surface area is 112 Å². The molecular formula is C16H27NO. The fourth-order valence-electron chi connectivity index (χ4n) is 1.76. The number of rotatable bonds is 7. The van der Waals surface area contributed by atoms with Crippen molar-refractivity contribution in [2.45, 2.75) is 52.7 Å². The minimum absolute atomic E-state index is 0.0260. The van der Waals surface area contributed by atoms with Gasteiger partial charge < -0.3 is 10.5 Å². The Kier molecular flexibility index (Phi) is 6.37. The predicted octanol–water partition coefficient (Wildman–Crippen LogP) is 3.70. The molecular weight excluding hydrogens is 222 g/mol. The second-order valence-corrected chi connectivity index (χ2v) is 5.38. The minimum atomic E-state index is -0.0260.